The fourth-order valence-electron chi connectivity index (χ4n) is 0.897. The third kappa shape index (κ3) is 3.45. The molecule has 1 aromatic rings. The predicted octanol–water partition coefficient (Wildman–Crippen LogP) is 2.21. The maximum atomic E-state index is 11.0. The summed E-state index contributed by atoms with van der Waals surface area (Å²) in [5.74, 6) is -0.0317. The van der Waals surface area contributed by atoms with Crippen LogP contribution in [0.15, 0.2) is 22.7 Å². The van der Waals surface area contributed by atoms with Gasteiger partial charge in [0.15, 0.2) is 0 Å². The van der Waals surface area contributed by atoms with Crippen LogP contribution in [0.4, 0.5) is 5.69 Å². The van der Waals surface area contributed by atoms with E-state index in [1.165, 1.54) is 0 Å². The summed E-state index contributed by atoms with van der Waals surface area (Å²) in [6.07, 6.45) is 0. The summed E-state index contributed by atoms with van der Waals surface area (Å²) in [4.78, 5) is 11.0. The Kier molecular flexibility index (Phi) is 4.67. The molecular formula is C9H10BrIN2O. The van der Waals surface area contributed by atoms with Crippen LogP contribution in [0.2, 0.25) is 0 Å². The van der Waals surface area contributed by atoms with E-state index in [0.29, 0.717) is 0 Å². The lowest BCUT2D eigenvalue weighted by atomic mass is 10.3. The van der Waals surface area contributed by atoms with E-state index < -0.39 is 0 Å². The Morgan fingerprint density at radius 1 is 1.57 bits per heavy atom. The first kappa shape index (κ1) is 11.8. The molecule has 0 saturated carbocycles. The van der Waals surface area contributed by atoms with Crippen LogP contribution >= 0.6 is 38.5 Å². The Bertz CT molecular complexity index is 344. The smallest absolute Gasteiger partial charge is 0.239 e. The molecule has 14 heavy (non-hydrogen) atoms. The van der Waals surface area contributed by atoms with Crippen molar-refractivity contribution < 1.29 is 4.79 Å². The van der Waals surface area contributed by atoms with Gasteiger partial charge in [0.1, 0.15) is 0 Å². The summed E-state index contributed by atoms with van der Waals surface area (Å²) in [6, 6.07) is 5.93. The average molecular weight is 369 g/mol. The van der Waals surface area contributed by atoms with Gasteiger partial charge in [-0.2, -0.15) is 0 Å². The van der Waals surface area contributed by atoms with Crippen LogP contribution in [0.25, 0.3) is 0 Å². The highest BCUT2D eigenvalue weighted by Crippen LogP contribution is 2.23. The van der Waals surface area contributed by atoms with Gasteiger partial charge in [-0.1, -0.05) is 0 Å². The summed E-state index contributed by atoms with van der Waals surface area (Å²) in [5, 5.41) is 5.59. The molecule has 0 aliphatic heterocycles. The van der Waals surface area contributed by atoms with Crippen LogP contribution in [0, 0.1) is 3.57 Å². The van der Waals surface area contributed by atoms with E-state index >= 15 is 0 Å². The lowest BCUT2D eigenvalue weighted by Gasteiger charge is -2.07. The first-order valence-corrected chi connectivity index (χ1v) is 5.90. The average Bonchev–Trinajstić information content (AvgIpc) is 2.19. The number of rotatable bonds is 3. The molecule has 0 bridgehead atoms. The Hall–Kier alpha value is -0.300. The Balaban J connectivity index is 2.66. The molecule has 0 spiro atoms. The SMILES string of the molecule is CNC(=O)CNc1cc(I)ccc1Br. The van der Waals surface area contributed by atoms with E-state index in [1.807, 2.05) is 18.2 Å². The largest absolute Gasteiger partial charge is 0.375 e. The topological polar surface area (TPSA) is 41.1 Å². The van der Waals surface area contributed by atoms with Crippen molar-refractivity contribution in [3.05, 3.63) is 26.2 Å². The normalized spacial score (nSPS) is 9.64. The molecule has 0 radical (unpaired) electrons. The van der Waals surface area contributed by atoms with E-state index in [2.05, 4.69) is 49.2 Å². The van der Waals surface area contributed by atoms with Gasteiger partial charge in [-0.3, -0.25) is 4.79 Å². The number of carbonyl (C=O) groups excluding carboxylic acids is 1. The monoisotopic (exact) mass is 368 g/mol. The number of hydrogen-bond donors (Lipinski definition) is 2. The molecule has 2 N–H and O–H groups in total. The van der Waals surface area contributed by atoms with Gasteiger partial charge >= 0.3 is 0 Å². The zero-order valence-corrected chi connectivity index (χ0v) is 11.3. The Morgan fingerprint density at radius 3 is 2.93 bits per heavy atom. The molecule has 1 amide bonds. The molecule has 0 aliphatic rings. The van der Waals surface area contributed by atoms with Crippen molar-refractivity contribution in [2.24, 2.45) is 0 Å². The highest BCUT2D eigenvalue weighted by atomic mass is 127. The molecule has 0 atom stereocenters. The second-order valence-electron chi connectivity index (χ2n) is 2.65. The number of nitrogens with one attached hydrogen (secondary N) is 2. The first-order chi connectivity index (χ1) is 6.63. The number of benzene rings is 1. The number of amides is 1. The fraction of sp³-hybridized carbons (Fsp3) is 0.222. The number of anilines is 1. The maximum Gasteiger partial charge on any atom is 0.239 e. The predicted molar refractivity (Wildman–Crippen MR) is 69.4 cm³/mol. The second-order valence-corrected chi connectivity index (χ2v) is 4.75. The molecule has 0 fully saturated rings. The molecule has 0 heterocycles. The van der Waals surface area contributed by atoms with Gasteiger partial charge in [-0.15, -0.1) is 0 Å². The molecule has 0 unspecified atom stereocenters. The van der Waals surface area contributed by atoms with Crippen LogP contribution in [-0.4, -0.2) is 19.5 Å². The Labute approximate surface area is 105 Å². The van der Waals surface area contributed by atoms with Crippen molar-refractivity contribution in [2.45, 2.75) is 0 Å². The molecule has 5 heteroatoms. The molecule has 0 saturated heterocycles. The summed E-state index contributed by atoms with van der Waals surface area (Å²) in [7, 11) is 1.62. The number of carbonyl (C=O) groups is 1. The zero-order valence-electron chi connectivity index (χ0n) is 7.60. The third-order valence-corrected chi connectivity index (χ3v) is 3.01. The molecule has 76 valence electrons. The summed E-state index contributed by atoms with van der Waals surface area (Å²) in [5.41, 5.74) is 0.931. The van der Waals surface area contributed by atoms with Gasteiger partial charge in [-0.05, 0) is 56.7 Å². The minimum Gasteiger partial charge on any atom is -0.375 e. The van der Waals surface area contributed by atoms with E-state index in [-0.39, 0.29) is 12.5 Å². The van der Waals surface area contributed by atoms with E-state index in [1.54, 1.807) is 7.05 Å². The van der Waals surface area contributed by atoms with E-state index in [0.717, 1.165) is 13.7 Å². The van der Waals surface area contributed by atoms with Crippen LogP contribution in [0.5, 0.6) is 0 Å². The van der Waals surface area contributed by atoms with Crippen molar-refractivity contribution in [1.29, 1.82) is 0 Å². The van der Waals surface area contributed by atoms with Crippen molar-refractivity contribution in [3.8, 4) is 0 Å². The van der Waals surface area contributed by atoms with Crippen LogP contribution in [0.1, 0.15) is 0 Å². The highest BCUT2D eigenvalue weighted by Gasteiger charge is 2.02. The summed E-state index contributed by atoms with van der Waals surface area (Å²) in [6.45, 7) is 0.287. The zero-order chi connectivity index (χ0) is 10.6. The highest BCUT2D eigenvalue weighted by molar-refractivity contribution is 14.1. The number of likely N-dealkylation sites (N-methyl/N-ethyl adjacent to an activating group) is 1. The van der Waals surface area contributed by atoms with Crippen molar-refractivity contribution >= 4 is 50.1 Å². The fourth-order valence-corrected chi connectivity index (χ4v) is 1.77. The summed E-state index contributed by atoms with van der Waals surface area (Å²) < 4.78 is 2.09. The molecule has 0 aromatic heterocycles. The lowest BCUT2D eigenvalue weighted by molar-refractivity contribution is -0.118. The van der Waals surface area contributed by atoms with Gasteiger partial charge in [0.2, 0.25) is 5.91 Å². The molecule has 1 aromatic carbocycles. The van der Waals surface area contributed by atoms with E-state index in [9.17, 15) is 4.79 Å². The minimum absolute atomic E-state index is 0.0317. The van der Waals surface area contributed by atoms with Crippen LogP contribution in [-0.2, 0) is 4.79 Å². The van der Waals surface area contributed by atoms with Gasteiger partial charge < -0.3 is 10.6 Å². The molecule has 1 rings (SSSR count). The summed E-state index contributed by atoms with van der Waals surface area (Å²) >= 11 is 5.63. The number of halogens is 2. The van der Waals surface area contributed by atoms with Crippen molar-refractivity contribution in [3.63, 3.8) is 0 Å². The molecular weight excluding hydrogens is 359 g/mol. The van der Waals surface area contributed by atoms with Crippen LogP contribution in [0.3, 0.4) is 0 Å². The lowest BCUT2D eigenvalue weighted by Crippen LogP contribution is -2.26. The minimum atomic E-state index is -0.0317. The molecule has 3 nitrogen and oxygen atoms in total. The van der Waals surface area contributed by atoms with Gasteiger partial charge in [0.25, 0.3) is 0 Å². The second kappa shape index (κ2) is 5.55. The maximum absolute atomic E-state index is 11.0. The van der Waals surface area contributed by atoms with Gasteiger partial charge in [-0.25, -0.2) is 0 Å². The first-order valence-electron chi connectivity index (χ1n) is 4.03. The number of hydrogen-bond acceptors (Lipinski definition) is 2. The quantitative estimate of drug-likeness (QED) is 0.803. The van der Waals surface area contributed by atoms with E-state index in [4.69, 9.17) is 0 Å². The van der Waals surface area contributed by atoms with Crippen LogP contribution < -0.4 is 10.6 Å². The molecule has 0 aliphatic carbocycles. The van der Waals surface area contributed by atoms with Crippen molar-refractivity contribution in [2.75, 3.05) is 18.9 Å². The Morgan fingerprint density at radius 2 is 2.29 bits per heavy atom. The van der Waals surface area contributed by atoms with Crippen molar-refractivity contribution in [1.82, 2.24) is 5.32 Å². The third-order valence-electron chi connectivity index (χ3n) is 1.65. The standard InChI is InChI=1S/C9H10BrIN2O/c1-12-9(14)5-13-8-4-6(11)2-3-7(8)10/h2-4,13H,5H2,1H3,(H,12,14). The van der Waals surface area contributed by atoms with Gasteiger partial charge in [0, 0.05) is 20.8 Å². The van der Waals surface area contributed by atoms with Gasteiger partial charge in [0.05, 0.1) is 6.54 Å².